The number of benzene rings is 2. The van der Waals surface area contributed by atoms with E-state index in [-0.39, 0.29) is 42.2 Å². The van der Waals surface area contributed by atoms with Gasteiger partial charge in [-0.1, -0.05) is 56.3 Å². The Hall–Kier alpha value is -5.04. The van der Waals surface area contributed by atoms with Gasteiger partial charge in [-0.25, -0.2) is 4.79 Å². The molecule has 3 atom stereocenters. The van der Waals surface area contributed by atoms with Crippen molar-refractivity contribution in [1.29, 1.82) is 0 Å². The molecule has 13 heteroatoms. The lowest BCUT2D eigenvalue weighted by Crippen LogP contribution is -2.54. The lowest BCUT2D eigenvalue weighted by Gasteiger charge is -2.22. The van der Waals surface area contributed by atoms with Gasteiger partial charge in [-0.05, 0) is 42.0 Å². The van der Waals surface area contributed by atoms with Gasteiger partial charge in [0.05, 0.1) is 18.8 Å². The Labute approximate surface area is 253 Å². The lowest BCUT2D eigenvalue weighted by molar-refractivity contribution is -0.142. The Morgan fingerprint density at radius 2 is 1.43 bits per heavy atom. The van der Waals surface area contributed by atoms with Gasteiger partial charge in [-0.3, -0.25) is 24.0 Å². The molecule has 13 nitrogen and oxygen atoms in total. The van der Waals surface area contributed by atoms with E-state index in [4.69, 9.17) is 5.73 Å². The van der Waals surface area contributed by atoms with Gasteiger partial charge in [0.25, 0.3) is 0 Å². The molecule has 44 heavy (non-hydrogen) atoms. The third-order valence-corrected chi connectivity index (χ3v) is 6.84. The van der Waals surface area contributed by atoms with Crippen molar-refractivity contribution < 1.29 is 29.4 Å². The quantitative estimate of drug-likeness (QED) is 0.109. The Morgan fingerprint density at radius 3 is 2.05 bits per heavy atom. The van der Waals surface area contributed by atoms with E-state index in [2.05, 4.69) is 21.3 Å². The summed E-state index contributed by atoms with van der Waals surface area (Å²) in [4.78, 5) is 74.2. The molecule has 0 heterocycles. The summed E-state index contributed by atoms with van der Waals surface area (Å²) in [6.07, 6.45) is 0.498. The molecular formula is C31H37N5O8. The van der Waals surface area contributed by atoms with Crippen molar-refractivity contribution in [1.82, 2.24) is 16.0 Å². The van der Waals surface area contributed by atoms with Gasteiger partial charge in [0.1, 0.15) is 17.8 Å². The monoisotopic (exact) mass is 607 g/mol. The van der Waals surface area contributed by atoms with Crippen LogP contribution in [0.15, 0.2) is 64.2 Å². The first-order valence-electron chi connectivity index (χ1n) is 14.1. The minimum Gasteiger partial charge on any atom is -0.508 e. The number of hydrogen-bond donors (Lipinski definition) is 7. The van der Waals surface area contributed by atoms with Crippen LogP contribution in [-0.2, 0) is 32.0 Å². The summed E-state index contributed by atoms with van der Waals surface area (Å²) >= 11 is 0. The Kier molecular flexibility index (Phi) is 11.7. The van der Waals surface area contributed by atoms with Crippen LogP contribution in [-0.4, -0.2) is 59.1 Å². The van der Waals surface area contributed by atoms with E-state index in [9.17, 15) is 39.0 Å². The molecule has 8 N–H and O–H groups in total. The zero-order chi connectivity index (χ0) is 32.4. The number of carboxylic acid groups (broad SMARTS) is 1. The molecule has 0 aromatic heterocycles. The highest BCUT2D eigenvalue weighted by atomic mass is 16.4. The van der Waals surface area contributed by atoms with Gasteiger partial charge in [-0.15, -0.1) is 0 Å². The summed E-state index contributed by atoms with van der Waals surface area (Å²) in [7, 11) is 0. The molecule has 3 aromatic carbocycles. The first-order chi connectivity index (χ1) is 20.8. The predicted molar refractivity (Wildman–Crippen MR) is 163 cm³/mol. The fourth-order valence-corrected chi connectivity index (χ4v) is 4.61. The highest BCUT2D eigenvalue weighted by molar-refractivity contribution is 5.92. The molecule has 0 aliphatic rings. The van der Waals surface area contributed by atoms with Crippen molar-refractivity contribution in [2.45, 2.75) is 51.2 Å². The van der Waals surface area contributed by atoms with Crippen LogP contribution in [0, 0.1) is 5.92 Å². The third-order valence-electron chi connectivity index (χ3n) is 6.84. The second-order valence-corrected chi connectivity index (χ2v) is 10.9. The number of hydrogen-bond acceptors (Lipinski definition) is 9. The fourth-order valence-electron chi connectivity index (χ4n) is 4.61. The maximum Gasteiger partial charge on any atom is 0.326 e. The zero-order valence-electron chi connectivity index (χ0n) is 24.5. The number of rotatable bonds is 16. The molecule has 3 aromatic rings. The van der Waals surface area contributed by atoms with Crippen LogP contribution in [0.4, 0.5) is 5.69 Å². The van der Waals surface area contributed by atoms with E-state index < -0.39 is 65.8 Å². The van der Waals surface area contributed by atoms with Crippen LogP contribution in [0.25, 0.3) is 0 Å². The first kappa shape index (κ1) is 33.5. The Balaban J connectivity index is 1.57. The lowest BCUT2D eigenvalue weighted by atomic mass is 9.94. The number of aromatic hydroxyl groups is 1. The maximum absolute atomic E-state index is 13.0. The number of nitrogens with two attached hydrogens (primary N) is 1. The van der Waals surface area contributed by atoms with E-state index in [1.807, 2.05) is 13.8 Å². The zero-order valence-corrected chi connectivity index (χ0v) is 24.5. The Morgan fingerprint density at radius 1 is 0.795 bits per heavy atom. The van der Waals surface area contributed by atoms with Crippen LogP contribution in [0.5, 0.6) is 5.75 Å². The predicted octanol–water partition coefficient (Wildman–Crippen LogP) is 0.102. The molecular weight excluding hydrogens is 570 g/mol. The normalized spacial score (nSPS) is 13.1. The van der Waals surface area contributed by atoms with Gasteiger partial charge in [0.2, 0.25) is 28.6 Å². The molecule has 3 rings (SSSR count). The maximum atomic E-state index is 13.0. The number of carboxylic acids is 1. The molecule has 0 bridgehead atoms. The topological polar surface area (TPSA) is 217 Å². The van der Waals surface area contributed by atoms with Gasteiger partial charge >= 0.3 is 5.97 Å². The number of anilines is 1. The second kappa shape index (κ2) is 15.4. The number of phenolic OH excluding ortho intramolecular Hbond substituents is 1. The molecule has 0 spiro atoms. The van der Waals surface area contributed by atoms with Gasteiger partial charge in [-0.2, -0.15) is 0 Å². The summed E-state index contributed by atoms with van der Waals surface area (Å²) in [5, 5.41) is 29.0. The van der Waals surface area contributed by atoms with Crippen molar-refractivity contribution in [2.24, 2.45) is 11.7 Å². The summed E-state index contributed by atoms with van der Waals surface area (Å²) in [6, 6.07) is 12.0. The van der Waals surface area contributed by atoms with Crippen LogP contribution in [0.1, 0.15) is 43.0 Å². The molecule has 0 fully saturated rings. The summed E-state index contributed by atoms with van der Waals surface area (Å²) < 4.78 is 0. The van der Waals surface area contributed by atoms with Gasteiger partial charge in [0.15, 0.2) is 0 Å². The molecule has 0 aliphatic carbocycles. The van der Waals surface area contributed by atoms with Crippen molar-refractivity contribution in [3.05, 3.63) is 91.7 Å². The van der Waals surface area contributed by atoms with Crippen LogP contribution in [0.3, 0.4) is 0 Å². The third kappa shape index (κ3) is 9.49. The van der Waals surface area contributed by atoms with Gasteiger partial charge < -0.3 is 37.2 Å². The molecule has 0 aliphatic heterocycles. The fraction of sp³-hybridized carbons (Fsp3) is 0.355. The highest BCUT2D eigenvalue weighted by Crippen LogP contribution is 2.21. The minimum atomic E-state index is -1.19. The van der Waals surface area contributed by atoms with Crippen LogP contribution >= 0.6 is 0 Å². The smallest absolute Gasteiger partial charge is 0.326 e. The van der Waals surface area contributed by atoms with E-state index in [1.54, 1.807) is 42.5 Å². The van der Waals surface area contributed by atoms with E-state index in [0.29, 0.717) is 0 Å². The number of aliphatic carboxylic acids is 1. The molecule has 0 saturated heterocycles. The van der Waals surface area contributed by atoms with Crippen LogP contribution in [0.2, 0.25) is 0 Å². The van der Waals surface area contributed by atoms with Crippen LogP contribution < -0.4 is 37.9 Å². The molecule has 0 saturated carbocycles. The number of phenols is 1. The molecule has 0 radical (unpaired) electrons. The van der Waals surface area contributed by atoms with Crippen molar-refractivity contribution >= 4 is 29.4 Å². The summed E-state index contributed by atoms with van der Waals surface area (Å²) in [5.41, 5.74) is 6.02. The summed E-state index contributed by atoms with van der Waals surface area (Å²) in [6.45, 7) is 2.71. The Bertz CT molecular complexity index is 1530. The van der Waals surface area contributed by atoms with E-state index in [1.165, 1.54) is 12.1 Å². The van der Waals surface area contributed by atoms with Crippen molar-refractivity contribution in [3.63, 3.8) is 0 Å². The average molecular weight is 608 g/mol. The average Bonchev–Trinajstić information content (AvgIpc) is 2.98. The van der Waals surface area contributed by atoms with Crippen molar-refractivity contribution in [3.8, 4) is 5.75 Å². The number of carbonyl (C=O) groups excluding carboxylic acids is 3. The first-order valence-corrected chi connectivity index (χ1v) is 14.1. The highest BCUT2D eigenvalue weighted by Gasteiger charge is 2.28. The minimum absolute atomic E-state index is 0.00224. The largest absolute Gasteiger partial charge is 0.508 e. The molecule has 234 valence electrons. The van der Waals surface area contributed by atoms with E-state index in [0.717, 1.165) is 11.1 Å². The molecule has 3 amide bonds. The second-order valence-electron chi connectivity index (χ2n) is 10.9. The van der Waals surface area contributed by atoms with Crippen molar-refractivity contribution in [2.75, 3.05) is 18.4 Å². The van der Waals surface area contributed by atoms with E-state index >= 15 is 0 Å². The number of amides is 3. The standard InChI is InChI=1S/C31H37N5O8/c1-17(2)12-23(31(43)44)36-30(42)22(14-18-6-4-3-5-7-18)35-25(39)16-33-24(38)15-34-27-26(28(40)29(27)41)21(32)13-19-8-10-20(37)11-9-19/h3-11,17,21-23,34,37H,12-16,32H2,1-2H3,(H,33,38)(H,35,39)(H,36,42)(H,43,44)/t21?,22-,23-/m0/s1. The SMILES string of the molecule is CC(C)C[C@H](NC(=O)[C@H](Cc1ccccc1)NC(=O)CNC(=O)CNc1c(C(N)Cc2ccc(O)cc2)c(=O)c1=O)C(=O)O. The number of nitrogens with one attached hydrogen (secondary N) is 4. The van der Waals surface area contributed by atoms with Gasteiger partial charge in [0, 0.05) is 18.0 Å². The number of carbonyl (C=O) groups is 4. The summed E-state index contributed by atoms with van der Waals surface area (Å²) in [5.74, 6) is -3.17. The molecule has 1 unspecified atom stereocenters.